The Kier molecular flexibility index (Phi) is 6.13. The number of aromatic nitrogens is 5. The van der Waals surface area contributed by atoms with Gasteiger partial charge in [-0.3, -0.25) is 4.79 Å². The van der Waals surface area contributed by atoms with Crippen molar-refractivity contribution in [1.82, 2.24) is 30.1 Å². The summed E-state index contributed by atoms with van der Waals surface area (Å²) in [6, 6.07) is 17.3. The molecule has 166 valence electrons. The zero-order valence-electron chi connectivity index (χ0n) is 17.1. The van der Waals surface area contributed by atoms with Crippen LogP contribution in [-0.4, -0.2) is 49.6 Å². The first-order valence-electron chi connectivity index (χ1n) is 10.0. The molecule has 0 saturated heterocycles. The first-order chi connectivity index (χ1) is 16.2. The summed E-state index contributed by atoms with van der Waals surface area (Å²) in [4.78, 5) is 16.6. The Bertz CT molecular complexity index is 1390. The zero-order chi connectivity index (χ0) is 22.6. The summed E-state index contributed by atoms with van der Waals surface area (Å²) in [6.07, 6.45) is 0. The molecule has 0 bridgehead atoms. The molecule has 5 aromatic rings. The lowest BCUT2D eigenvalue weighted by Crippen LogP contribution is -2.29. The maximum absolute atomic E-state index is 13.2. The molecule has 1 N–H and O–H groups in total. The molecule has 0 fully saturated rings. The highest BCUT2D eigenvalue weighted by Crippen LogP contribution is 2.29. The average Bonchev–Trinajstić information content (AvgIpc) is 3.44. The Balaban J connectivity index is 1.13. The molecule has 0 aliphatic heterocycles. The Labute approximate surface area is 195 Å². The second-order valence-corrected chi connectivity index (χ2v) is 9.16. The second-order valence-electron chi connectivity index (χ2n) is 6.91. The third kappa shape index (κ3) is 4.94. The number of nitrogens with zero attached hydrogens (tertiary/aromatic N) is 5. The van der Waals surface area contributed by atoms with E-state index in [2.05, 4.69) is 25.6 Å². The van der Waals surface area contributed by atoms with Crippen molar-refractivity contribution in [2.45, 2.75) is 4.34 Å². The fourth-order valence-electron chi connectivity index (χ4n) is 3.07. The first kappa shape index (κ1) is 21.3. The van der Waals surface area contributed by atoms with Gasteiger partial charge in [0.2, 0.25) is 11.8 Å². The maximum atomic E-state index is 13.2. The number of rotatable bonds is 8. The predicted octanol–water partition coefficient (Wildman–Crippen LogP) is 3.83. The summed E-state index contributed by atoms with van der Waals surface area (Å²) in [7, 11) is 0. The first-order valence-corrected chi connectivity index (χ1v) is 11.8. The lowest BCUT2D eigenvalue weighted by molar-refractivity contribution is -0.118. The van der Waals surface area contributed by atoms with Gasteiger partial charge in [0.05, 0.1) is 22.5 Å². The van der Waals surface area contributed by atoms with E-state index in [9.17, 15) is 9.18 Å². The monoisotopic (exact) mass is 480 g/mol. The van der Waals surface area contributed by atoms with Gasteiger partial charge in [-0.1, -0.05) is 23.9 Å². The molecule has 11 heteroatoms. The maximum Gasteiger partial charge on any atom is 0.231 e. The Morgan fingerprint density at radius 1 is 1.09 bits per heavy atom. The minimum atomic E-state index is -0.329. The van der Waals surface area contributed by atoms with Crippen LogP contribution >= 0.6 is 23.1 Å². The van der Waals surface area contributed by atoms with Crippen LogP contribution in [0.5, 0.6) is 5.88 Å². The summed E-state index contributed by atoms with van der Waals surface area (Å²) in [6.45, 7) is 0.593. The van der Waals surface area contributed by atoms with Gasteiger partial charge < -0.3 is 10.1 Å². The molecule has 8 nitrogen and oxygen atoms in total. The lowest BCUT2D eigenvalue weighted by Gasteiger charge is -2.07. The van der Waals surface area contributed by atoms with Crippen molar-refractivity contribution < 1.29 is 13.9 Å². The minimum Gasteiger partial charge on any atom is -0.475 e. The molecule has 0 unspecified atom stereocenters. The minimum absolute atomic E-state index is 0.0938. The smallest absolute Gasteiger partial charge is 0.231 e. The second kappa shape index (κ2) is 9.51. The van der Waals surface area contributed by atoms with Crippen LogP contribution in [0.25, 0.3) is 27.3 Å². The highest BCUT2D eigenvalue weighted by atomic mass is 32.2. The van der Waals surface area contributed by atoms with E-state index in [-0.39, 0.29) is 24.1 Å². The molecule has 3 heterocycles. The van der Waals surface area contributed by atoms with Gasteiger partial charge in [-0.05, 0) is 42.5 Å². The van der Waals surface area contributed by atoms with Gasteiger partial charge in [0, 0.05) is 11.6 Å². The number of hydrogen-bond donors (Lipinski definition) is 1. The predicted molar refractivity (Wildman–Crippen MR) is 125 cm³/mol. The highest BCUT2D eigenvalue weighted by molar-refractivity contribution is 8.01. The number of amides is 1. The van der Waals surface area contributed by atoms with Crippen molar-refractivity contribution in [3.8, 4) is 17.3 Å². The number of ether oxygens (including phenoxy) is 1. The summed E-state index contributed by atoms with van der Waals surface area (Å²) in [5.74, 6) is 0.708. The van der Waals surface area contributed by atoms with Gasteiger partial charge in [0.1, 0.15) is 12.4 Å². The Morgan fingerprint density at radius 2 is 1.94 bits per heavy atom. The van der Waals surface area contributed by atoms with Crippen LogP contribution in [-0.2, 0) is 4.79 Å². The number of hydrogen-bond acceptors (Lipinski definition) is 8. The van der Waals surface area contributed by atoms with Crippen molar-refractivity contribution in [3.05, 3.63) is 66.5 Å². The topological polar surface area (TPSA) is 94.3 Å². The van der Waals surface area contributed by atoms with E-state index in [0.717, 1.165) is 14.6 Å². The fraction of sp³-hybridized carbons (Fsp3) is 0.136. The quantitative estimate of drug-likeness (QED) is 0.266. The van der Waals surface area contributed by atoms with Crippen molar-refractivity contribution in [2.24, 2.45) is 0 Å². The van der Waals surface area contributed by atoms with Crippen molar-refractivity contribution in [2.75, 3.05) is 18.9 Å². The molecule has 1 amide bonds. The summed E-state index contributed by atoms with van der Waals surface area (Å²) >= 11 is 2.99. The highest BCUT2D eigenvalue weighted by Gasteiger charge is 2.11. The van der Waals surface area contributed by atoms with E-state index >= 15 is 0 Å². The molecular formula is C22H17FN6O2S2. The van der Waals surface area contributed by atoms with E-state index in [1.54, 1.807) is 35.6 Å². The molecule has 0 radical (unpaired) electrons. The molecule has 2 aromatic carbocycles. The van der Waals surface area contributed by atoms with Gasteiger partial charge in [0.25, 0.3) is 0 Å². The normalized spacial score (nSPS) is 11.2. The number of thiazole rings is 1. The number of carbonyl (C=O) groups excluding carboxylic acids is 1. The van der Waals surface area contributed by atoms with E-state index in [4.69, 9.17) is 4.74 Å². The summed E-state index contributed by atoms with van der Waals surface area (Å²) < 4.78 is 22.4. The zero-order valence-corrected chi connectivity index (χ0v) is 18.8. The Morgan fingerprint density at radius 3 is 2.79 bits per heavy atom. The number of nitrogens with one attached hydrogen (secondary N) is 1. The number of fused-ring (bicyclic) bond motifs is 2. The third-order valence-corrected chi connectivity index (χ3v) is 6.80. The van der Waals surface area contributed by atoms with Crippen LogP contribution in [0.2, 0.25) is 0 Å². The van der Waals surface area contributed by atoms with Crippen molar-refractivity contribution >= 4 is 44.9 Å². The van der Waals surface area contributed by atoms with Gasteiger partial charge >= 0.3 is 0 Å². The lowest BCUT2D eigenvalue weighted by atomic mass is 10.2. The fourth-order valence-corrected chi connectivity index (χ4v) is 4.96. The SMILES string of the molecule is O=C(CSc1nc2ccccc2s1)NCCOc1ccc2nnc(-c3ccc(F)cc3)n2n1. The molecule has 0 saturated carbocycles. The molecule has 0 atom stereocenters. The van der Waals surface area contributed by atoms with Crippen LogP contribution < -0.4 is 10.1 Å². The van der Waals surface area contributed by atoms with Gasteiger partial charge in [-0.2, -0.15) is 4.52 Å². The Hall–Kier alpha value is -3.57. The molecule has 0 aliphatic carbocycles. The van der Waals surface area contributed by atoms with Crippen LogP contribution in [0.3, 0.4) is 0 Å². The van der Waals surface area contributed by atoms with Crippen LogP contribution in [0.4, 0.5) is 4.39 Å². The number of para-hydroxylation sites is 1. The average molecular weight is 481 g/mol. The van der Waals surface area contributed by atoms with E-state index < -0.39 is 0 Å². The number of halogens is 1. The molecular weight excluding hydrogens is 463 g/mol. The van der Waals surface area contributed by atoms with Crippen LogP contribution in [0.1, 0.15) is 0 Å². The molecule has 33 heavy (non-hydrogen) atoms. The van der Waals surface area contributed by atoms with Crippen molar-refractivity contribution in [3.63, 3.8) is 0 Å². The van der Waals surface area contributed by atoms with E-state index in [1.165, 1.54) is 28.4 Å². The van der Waals surface area contributed by atoms with Crippen LogP contribution in [0, 0.1) is 5.82 Å². The third-order valence-electron chi connectivity index (χ3n) is 4.62. The van der Waals surface area contributed by atoms with E-state index in [0.29, 0.717) is 29.5 Å². The molecule has 0 spiro atoms. The summed E-state index contributed by atoms with van der Waals surface area (Å²) in [5, 5.41) is 15.4. The molecule has 3 aromatic heterocycles. The van der Waals surface area contributed by atoms with E-state index in [1.807, 2.05) is 24.3 Å². The van der Waals surface area contributed by atoms with Gasteiger partial charge in [-0.25, -0.2) is 9.37 Å². The molecule has 5 rings (SSSR count). The number of benzene rings is 2. The summed E-state index contributed by atoms with van der Waals surface area (Å²) in [5.41, 5.74) is 2.17. The van der Waals surface area contributed by atoms with Gasteiger partial charge in [-0.15, -0.1) is 26.6 Å². The molecule has 0 aliphatic rings. The largest absolute Gasteiger partial charge is 0.475 e. The van der Waals surface area contributed by atoms with Crippen molar-refractivity contribution in [1.29, 1.82) is 0 Å². The number of thioether (sulfide) groups is 1. The standard InChI is InChI=1S/C22H17FN6O2S2/c23-15-7-5-14(6-8-15)21-27-26-18-9-10-20(28-29(18)21)31-12-11-24-19(30)13-32-22-25-16-3-1-2-4-17(16)33-22/h1-10H,11-13H2,(H,24,30). The van der Waals surface area contributed by atoms with Crippen LogP contribution in [0.15, 0.2) is 65.0 Å². The number of carbonyl (C=O) groups is 1. The van der Waals surface area contributed by atoms with Gasteiger partial charge in [0.15, 0.2) is 15.8 Å².